The van der Waals surface area contributed by atoms with Gasteiger partial charge in [0.1, 0.15) is 5.76 Å². The summed E-state index contributed by atoms with van der Waals surface area (Å²) in [5.41, 5.74) is -0.0171. The number of halogens is 3. The van der Waals surface area contributed by atoms with E-state index in [9.17, 15) is 22.8 Å². The molecule has 2 unspecified atom stereocenters. The van der Waals surface area contributed by atoms with Gasteiger partial charge in [-0.05, 0) is 42.2 Å². The van der Waals surface area contributed by atoms with E-state index >= 15 is 0 Å². The van der Waals surface area contributed by atoms with Gasteiger partial charge in [-0.1, -0.05) is 12.1 Å². The van der Waals surface area contributed by atoms with Gasteiger partial charge in [0.2, 0.25) is 11.8 Å². The van der Waals surface area contributed by atoms with Crippen molar-refractivity contribution in [1.82, 2.24) is 10.6 Å². The van der Waals surface area contributed by atoms with E-state index in [0.29, 0.717) is 17.7 Å². The predicted molar refractivity (Wildman–Crippen MR) is 85.9 cm³/mol. The van der Waals surface area contributed by atoms with Crippen LogP contribution in [-0.2, 0) is 22.3 Å². The standard InChI is InChI=1S/C18H17F3N2O3/c19-18(20,21)12-5-3-11(4-6-12)14-8-15(14)17(25)23-10-16(24)22-9-13-2-1-7-26-13/h1-7,14-15H,8-10H2,(H,22,24)(H,23,25). The summed E-state index contributed by atoms with van der Waals surface area (Å²) in [6, 6.07) is 8.26. The van der Waals surface area contributed by atoms with E-state index in [4.69, 9.17) is 4.42 Å². The average Bonchev–Trinajstić information content (AvgIpc) is 3.24. The molecule has 1 fully saturated rings. The largest absolute Gasteiger partial charge is 0.467 e. The van der Waals surface area contributed by atoms with Gasteiger partial charge in [-0.15, -0.1) is 0 Å². The summed E-state index contributed by atoms with van der Waals surface area (Å²) in [4.78, 5) is 23.8. The van der Waals surface area contributed by atoms with Crippen LogP contribution in [0.25, 0.3) is 0 Å². The molecule has 0 spiro atoms. The van der Waals surface area contributed by atoms with E-state index < -0.39 is 11.7 Å². The molecule has 5 nitrogen and oxygen atoms in total. The van der Waals surface area contributed by atoms with Crippen LogP contribution in [-0.4, -0.2) is 18.4 Å². The zero-order valence-corrected chi connectivity index (χ0v) is 13.7. The maximum Gasteiger partial charge on any atom is 0.416 e. The van der Waals surface area contributed by atoms with Gasteiger partial charge in [0.15, 0.2) is 0 Å². The van der Waals surface area contributed by atoms with Gasteiger partial charge >= 0.3 is 6.18 Å². The molecule has 8 heteroatoms. The van der Waals surface area contributed by atoms with Gasteiger partial charge in [-0.3, -0.25) is 9.59 Å². The van der Waals surface area contributed by atoms with E-state index in [-0.39, 0.29) is 36.7 Å². The Balaban J connectivity index is 1.43. The summed E-state index contributed by atoms with van der Waals surface area (Å²) in [7, 11) is 0. The Morgan fingerprint density at radius 1 is 1.12 bits per heavy atom. The Hall–Kier alpha value is -2.77. The van der Waals surface area contributed by atoms with Crippen LogP contribution in [0.4, 0.5) is 13.2 Å². The average molecular weight is 366 g/mol. The molecule has 1 aliphatic rings. The Morgan fingerprint density at radius 2 is 1.85 bits per heavy atom. The fraction of sp³-hybridized carbons (Fsp3) is 0.333. The maximum atomic E-state index is 12.6. The summed E-state index contributed by atoms with van der Waals surface area (Å²) in [5, 5.41) is 5.16. The second-order valence-electron chi connectivity index (χ2n) is 6.14. The maximum absolute atomic E-state index is 12.6. The molecular weight excluding hydrogens is 349 g/mol. The van der Waals surface area contributed by atoms with Crippen LogP contribution in [0.5, 0.6) is 0 Å². The normalized spacial score (nSPS) is 19.0. The van der Waals surface area contributed by atoms with E-state index in [1.807, 2.05) is 0 Å². The van der Waals surface area contributed by atoms with Crippen molar-refractivity contribution >= 4 is 11.8 Å². The Labute approximate surface area is 147 Å². The minimum absolute atomic E-state index is 0.108. The number of nitrogens with one attached hydrogen (secondary N) is 2. The van der Waals surface area contributed by atoms with Crippen LogP contribution in [0, 0.1) is 5.92 Å². The molecule has 3 rings (SSSR count). The number of carbonyl (C=O) groups is 2. The molecule has 0 saturated heterocycles. The van der Waals surface area contributed by atoms with Crippen molar-refractivity contribution in [1.29, 1.82) is 0 Å². The number of hydrogen-bond acceptors (Lipinski definition) is 3. The molecule has 1 aromatic carbocycles. The fourth-order valence-corrected chi connectivity index (χ4v) is 2.73. The molecule has 0 bridgehead atoms. The first-order chi connectivity index (χ1) is 12.3. The third kappa shape index (κ3) is 4.44. The third-order valence-electron chi connectivity index (χ3n) is 4.26. The van der Waals surface area contributed by atoms with Crippen molar-refractivity contribution in [2.24, 2.45) is 5.92 Å². The number of furan rings is 1. The summed E-state index contributed by atoms with van der Waals surface area (Å²) >= 11 is 0. The summed E-state index contributed by atoms with van der Waals surface area (Å²) < 4.78 is 42.8. The van der Waals surface area contributed by atoms with Crippen molar-refractivity contribution in [3.63, 3.8) is 0 Å². The molecule has 1 aliphatic carbocycles. The summed E-state index contributed by atoms with van der Waals surface area (Å²) in [5.74, 6) is -0.438. The molecule has 1 saturated carbocycles. The predicted octanol–water partition coefficient (Wildman–Crippen LogP) is 2.83. The van der Waals surface area contributed by atoms with Crippen LogP contribution in [0.3, 0.4) is 0 Å². The lowest BCUT2D eigenvalue weighted by Crippen LogP contribution is -2.37. The molecule has 2 amide bonds. The van der Waals surface area contributed by atoms with Gasteiger partial charge in [0.25, 0.3) is 0 Å². The topological polar surface area (TPSA) is 71.3 Å². The van der Waals surface area contributed by atoms with Gasteiger partial charge in [0.05, 0.1) is 24.9 Å². The Kier molecular flexibility index (Phi) is 5.01. The van der Waals surface area contributed by atoms with Gasteiger partial charge in [0, 0.05) is 5.92 Å². The second-order valence-corrected chi connectivity index (χ2v) is 6.14. The molecule has 2 aromatic rings. The first-order valence-corrected chi connectivity index (χ1v) is 8.08. The molecule has 1 heterocycles. The van der Waals surface area contributed by atoms with Crippen LogP contribution in [0.1, 0.15) is 29.2 Å². The number of benzene rings is 1. The Bertz CT molecular complexity index is 770. The molecule has 138 valence electrons. The van der Waals surface area contributed by atoms with Crippen LogP contribution in [0.2, 0.25) is 0 Å². The highest BCUT2D eigenvalue weighted by Crippen LogP contribution is 2.47. The van der Waals surface area contributed by atoms with E-state index in [2.05, 4.69) is 10.6 Å². The molecule has 26 heavy (non-hydrogen) atoms. The monoisotopic (exact) mass is 366 g/mol. The molecule has 1 aromatic heterocycles. The lowest BCUT2D eigenvalue weighted by Gasteiger charge is -2.08. The SMILES string of the molecule is O=C(CNC(=O)C1CC1c1ccc(C(F)(F)F)cc1)NCc1ccco1. The van der Waals surface area contributed by atoms with Gasteiger partial charge in [-0.25, -0.2) is 0 Å². The zero-order chi connectivity index (χ0) is 18.7. The van der Waals surface area contributed by atoms with Gasteiger partial charge < -0.3 is 15.1 Å². The lowest BCUT2D eigenvalue weighted by molar-refractivity contribution is -0.137. The zero-order valence-electron chi connectivity index (χ0n) is 13.7. The van der Waals surface area contributed by atoms with Crippen LogP contribution >= 0.6 is 0 Å². The van der Waals surface area contributed by atoms with Crippen molar-refractivity contribution in [2.75, 3.05) is 6.54 Å². The first-order valence-electron chi connectivity index (χ1n) is 8.08. The number of amides is 2. The van der Waals surface area contributed by atoms with E-state index in [0.717, 1.165) is 12.1 Å². The quantitative estimate of drug-likeness (QED) is 0.826. The minimum atomic E-state index is -4.37. The number of carbonyl (C=O) groups excluding carboxylic acids is 2. The van der Waals surface area contributed by atoms with Crippen LogP contribution in [0.15, 0.2) is 47.1 Å². The molecule has 2 N–H and O–H groups in total. The smallest absolute Gasteiger partial charge is 0.416 e. The number of hydrogen-bond donors (Lipinski definition) is 2. The van der Waals surface area contributed by atoms with E-state index in [1.165, 1.54) is 18.4 Å². The lowest BCUT2D eigenvalue weighted by atomic mass is 10.1. The molecule has 0 radical (unpaired) electrons. The minimum Gasteiger partial charge on any atom is -0.467 e. The number of alkyl halides is 3. The Morgan fingerprint density at radius 3 is 2.46 bits per heavy atom. The highest BCUT2D eigenvalue weighted by molar-refractivity contribution is 5.87. The highest BCUT2D eigenvalue weighted by Gasteiger charge is 2.44. The van der Waals surface area contributed by atoms with E-state index in [1.54, 1.807) is 12.1 Å². The van der Waals surface area contributed by atoms with Crippen molar-refractivity contribution in [3.05, 3.63) is 59.5 Å². The first kappa shape index (κ1) is 18.0. The highest BCUT2D eigenvalue weighted by atomic mass is 19.4. The van der Waals surface area contributed by atoms with Crippen molar-refractivity contribution in [2.45, 2.75) is 25.1 Å². The second kappa shape index (κ2) is 7.23. The summed E-state index contributed by atoms with van der Waals surface area (Å²) in [6.07, 6.45) is -2.31. The van der Waals surface area contributed by atoms with Crippen molar-refractivity contribution < 1.29 is 27.2 Å². The third-order valence-corrected chi connectivity index (χ3v) is 4.26. The number of rotatable bonds is 6. The molecular formula is C18H17F3N2O3. The summed E-state index contributed by atoms with van der Waals surface area (Å²) in [6.45, 7) is 0.0785. The molecule has 0 aliphatic heterocycles. The van der Waals surface area contributed by atoms with Gasteiger partial charge in [-0.2, -0.15) is 13.2 Å². The van der Waals surface area contributed by atoms with Crippen molar-refractivity contribution in [3.8, 4) is 0 Å². The fourth-order valence-electron chi connectivity index (χ4n) is 2.73. The molecule has 2 atom stereocenters. The van der Waals surface area contributed by atoms with Crippen LogP contribution < -0.4 is 10.6 Å².